The molecule has 1 saturated heterocycles. The first-order valence-corrected chi connectivity index (χ1v) is 8.30. The third-order valence-corrected chi connectivity index (χ3v) is 4.22. The molecule has 0 radical (unpaired) electrons. The van der Waals surface area contributed by atoms with E-state index in [1.807, 2.05) is 18.7 Å². The highest BCUT2D eigenvalue weighted by Gasteiger charge is 2.26. The number of ether oxygens (including phenoxy) is 1. The molecule has 0 spiro atoms. The minimum absolute atomic E-state index is 0.106. The number of aromatic nitrogens is 5. The number of H-pyrrole nitrogens is 1. The highest BCUT2D eigenvalue weighted by Crippen LogP contribution is 2.19. The second-order valence-corrected chi connectivity index (χ2v) is 6.44. The van der Waals surface area contributed by atoms with Gasteiger partial charge in [0.2, 0.25) is 11.0 Å². The van der Waals surface area contributed by atoms with Crippen LogP contribution in [0.25, 0.3) is 0 Å². The Labute approximate surface area is 137 Å². The molecule has 9 nitrogen and oxygen atoms in total. The van der Waals surface area contributed by atoms with Gasteiger partial charge in [0, 0.05) is 19.5 Å². The van der Waals surface area contributed by atoms with Crippen molar-refractivity contribution in [3.63, 3.8) is 0 Å². The van der Waals surface area contributed by atoms with Crippen LogP contribution in [0.3, 0.4) is 0 Å². The van der Waals surface area contributed by atoms with Gasteiger partial charge in [0.05, 0.1) is 13.2 Å². The zero-order valence-corrected chi connectivity index (χ0v) is 13.9. The number of aryl methyl sites for hydroxylation is 2. The maximum atomic E-state index is 12.1. The van der Waals surface area contributed by atoms with Crippen LogP contribution in [0, 0.1) is 6.92 Å². The standard InChI is InChI=1S/C13H19N7O2S/c1-3-10-14-12(18-17-10)9-6-20(4-5-22-9)7-11(21)15-13-19-16-8(2)23-13/h9H,3-7H2,1-2H3,(H,14,17,18)(H,15,19,21)/t9-/m1/s1. The largest absolute Gasteiger partial charge is 0.367 e. The van der Waals surface area contributed by atoms with Crippen molar-refractivity contribution in [1.82, 2.24) is 30.3 Å². The molecule has 23 heavy (non-hydrogen) atoms. The minimum Gasteiger partial charge on any atom is -0.367 e. The van der Waals surface area contributed by atoms with Gasteiger partial charge in [-0.05, 0) is 6.92 Å². The molecule has 2 aromatic heterocycles. The predicted molar refractivity (Wildman–Crippen MR) is 84.2 cm³/mol. The number of carbonyl (C=O) groups excluding carboxylic acids is 1. The number of nitrogens with zero attached hydrogens (tertiary/aromatic N) is 5. The smallest absolute Gasteiger partial charge is 0.240 e. The van der Waals surface area contributed by atoms with Crippen LogP contribution < -0.4 is 5.32 Å². The number of rotatable bonds is 5. The summed E-state index contributed by atoms with van der Waals surface area (Å²) in [6.45, 7) is 5.97. The van der Waals surface area contributed by atoms with E-state index in [0.717, 1.165) is 17.3 Å². The second kappa shape index (κ2) is 7.11. The third kappa shape index (κ3) is 4.09. The van der Waals surface area contributed by atoms with Gasteiger partial charge < -0.3 is 4.74 Å². The number of carbonyl (C=O) groups is 1. The van der Waals surface area contributed by atoms with Gasteiger partial charge in [-0.1, -0.05) is 18.3 Å². The maximum Gasteiger partial charge on any atom is 0.240 e. The van der Waals surface area contributed by atoms with Crippen molar-refractivity contribution in [2.24, 2.45) is 0 Å². The van der Waals surface area contributed by atoms with Gasteiger partial charge in [-0.25, -0.2) is 4.98 Å². The van der Waals surface area contributed by atoms with Gasteiger partial charge in [-0.3, -0.25) is 20.1 Å². The molecule has 1 amide bonds. The Balaban J connectivity index is 1.54. The van der Waals surface area contributed by atoms with E-state index in [9.17, 15) is 4.79 Å². The molecule has 3 heterocycles. The molecule has 1 aliphatic heterocycles. The molecule has 1 aliphatic rings. The maximum absolute atomic E-state index is 12.1. The van der Waals surface area contributed by atoms with Crippen LogP contribution in [-0.2, 0) is 16.0 Å². The number of nitrogens with one attached hydrogen (secondary N) is 2. The number of hydrogen-bond donors (Lipinski definition) is 2. The van der Waals surface area contributed by atoms with E-state index in [0.29, 0.717) is 30.7 Å². The minimum atomic E-state index is -0.211. The number of hydrogen-bond acceptors (Lipinski definition) is 8. The molecule has 0 aromatic carbocycles. The van der Waals surface area contributed by atoms with Crippen molar-refractivity contribution >= 4 is 22.4 Å². The van der Waals surface area contributed by atoms with E-state index in [1.54, 1.807) is 0 Å². The molecule has 1 fully saturated rings. The van der Waals surface area contributed by atoms with Crippen molar-refractivity contribution in [2.45, 2.75) is 26.4 Å². The fraction of sp³-hybridized carbons (Fsp3) is 0.615. The molecule has 1 atom stereocenters. The zero-order valence-electron chi connectivity index (χ0n) is 13.1. The van der Waals surface area contributed by atoms with E-state index >= 15 is 0 Å². The third-order valence-electron chi connectivity index (χ3n) is 3.46. The van der Waals surface area contributed by atoms with Crippen molar-refractivity contribution < 1.29 is 9.53 Å². The van der Waals surface area contributed by atoms with Crippen LogP contribution in [0.15, 0.2) is 0 Å². The summed E-state index contributed by atoms with van der Waals surface area (Å²) in [4.78, 5) is 18.5. The quantitative estimate of drug-likeness (QED) is 0.819. The normalized spacial score (nSPS) is 19.0. The van der Waals surface area contributed by atoms with Gasteiger partial charge in [-0.15, -0.1) is 10.2 Å². The Morgan fingerprint density at radius 3 is 3.09 bits per heavy atom. The van der Waals surface area contributed by atoms with E-state index in [4.69, 9.17) is 4.74 Å². The van der Waals surface area contributed by atoms with Gasteiger partial charge >= 0.3 is 0 Å². The Kier molecular flexibility index (Phi) is 4.94. The van der Waals surface area contributed by atoms with Gasteiger partial charge in [0.15, 0.2) is 5.82 Å². The van der Waals surface area contributed by atoms with Crippen molar-refractivity contribution in [1.29, 1.82) is 0 Å². The van der Waals surface area contributed by atoms with E-state index in [1.165, 1.54) is 11.3 Å². The van der Waals surface area contributed by atoms with Crippen LogP contribution in [0.5, 0.6) is 0 Å². The Hall–Kier alpha value is -1.91. The topological polar surface area (TPSA) is 109 Å². The highest BCUT2D eigenvalue weighted by molar-refractivity contribution is 7.15. The summed E-state index contributed by atoms with van der Waals surface area (Å²) < 4.78 is 5.72. The summed E-state index contributed by atoms with van der Waals surface area (Å²) in [5.74, 6) is 1.38. The summed E-state index contributed by atoms with van der Waals surface area (Å²) in [6.07, 6.45) is 0.587. The first-order chi connectivity index (χ1) is 11.1. The number of morpholine rings is 1. The van der Waals surface area contributed by atoms with Crippen molar-refractivity contribution in [3.8, 4) is 0 Å². The van der Waals surface area contributed by atoms with Crippen LogP contribution in [0.4, 0.5) is 5.13 Å². The lowest BCUT2D eigenvalue weighted by molar-refractivity contribution is -0.119. The van der Waals surface area contributed by atoms with Crippen molar-refractivity contribution in [2.75, 3.05) is 31.6 Å². The van der Waals surface area contributed by atoms with E-state index in [-0.39, 0.29) is 18.6 Å². The summed E-state index contributed by atoms with van der Waals surface area (Å²) in [7, 11) is 0. The van der Waals surface area contributed by atoms with E-state index in [2.05, 4.69) is 30.7 Å². The fourth-order valence-corrected chi connectivity index (χ4v) is 2.93. The van der Waals surface area contributed by atoms with Gasteiger partial charge in [0.1, 0.15) is 16.9 Å². The molecular weight excluding hydrogens is 318 g/mol. The average Bonchev–Trinajstić information content (AvgIpc) is 3.16. The molecule has 10 heteroatoms. The molecule has 124 valence electrons. The number of amides is 1. The molecule has 2 N–H and O–H groups in total. The Bertz CT molecular complexity index is 671. The SMILES string of the molecule is CCc1nc([C@H]2CN(CC(=O)Nc3nnc(C)s3)CCO2)n[nH]1. The van der Waals surface area contributed by atoms with Crippen molar-refractivity contribution in [3.05, 3.63) is 16.7 Å². The van der Waals surface area contributed by atoms with E-state index < -0.39 is 0 Å². The molecule has 0 saturated carbocycles. The molecule has 0 aliphatic carbocycles. The van der Waals surface area contributed by atoms with Gasteiger partial charge in [-0.2, -0.15) is 5.10 Å². The first kappa shape index (κ1) is 16.0. The lowest BCUT2D eigenvalue weighted by atomic mass is 10.2. The zero-order chi connectivity index (χ0) is 16.2. The Morgan fingerprint density at radius 2 is 2.39 bits per heavy atom. The van der Waals surface area contributed by atoms with Gasteiger partial charge in [0.25, 0.3) is 0 Å². The number of anilines is 1. The molecule has 0 bridgehead atoms. The summed E-state index contributed by atoms with van der Waals surface area (Å²) in [6, 6.07) is 0. The molecule has 2 aromatic rings. The predicted octanol–water partition coefficient (Wildman–Crippen LogP) is 0.539. The van der Waals surface area contributed by atoms with Crippen LogP contribution in [-0.4, -0.2) is 62.4 Å². The lowest BCUT2D eigenvalue weighted by Gasteiger charge is -2.30. The van der Waals surface area contributed by atoms with Crippen LogP contribution >= 0.6 is 11.3 Å². The molecule has 3 rings (SSSR count). The summed E-state index contributed by atoms with van der Waals surface area (Å²) in [5, 5.41) is 19.0. The molecular formula is C13H19N7O2S. The fourth-order valence-electron chi connectivity index (χ4n) is 2.32. The average molecular weight is 337 g/mol. The number of aromatic amines is 1. The van der Waals surface area contributed by atoms with Crippen LogP contribution in [0.2, 0.25) is 0 Å². The molecule has 0 unspecified atom stereocenters. The summed E-state index contributed by atoms with van der Waals surface area (Å²) in [5.41, 5.74) is 0. The Morgan fingerprint density at radius 1 is 1.52 bits per heavy atom. The lowest BCUT2D eigenvalue weighted by Crippen LogP contribution is -2.42. The highest BCUT2D eigenvalue weighted by atomic mass is 32.1. The summed E-state index contributed by atoms with van der Waals surface area (Å²) >= 11 is 1.36. The first-order valence-electron chi connectivity index (χ1n) is 7.49. The van der Waals surface area contributed by atoms with Crippen LogP contribution in [0.1, 0.15) is 29.7 Å². The second-order valence-electron chi connectivity index (χ2n) is 5.26. The monoisotopic (exact) mass is 337 g/mol.